The Labute approximate surface area is 164 Å². The zero-order valence-corrected chi connectivity index (χ0v) is 16.5. The van der Waals surface area contributed by atoms with Crippen LogP contribution in [0.4, 0.5) is 5.69 Å². The molecule has 0 saturated carbocycles. The quantitative estimate of drug-likeness (QED) is 0.451. The van der Waals surface area contributed by atoms with E-state index >= 15 is 0 Å². The molecule has 9 heteroatoms. The van der Waals surface area contributed by atoms with Crippen molar-refractivity contribution in [2.24, 2.45) is 0 Å². The van der Waals surface area contributed by atoms with Crippen LogP contribution in [0.5, 0.6) is 0 Å². The van der Waals surface area contributed by atoms with E-state index in [-0.39, 0.29) is 43.1 Å². The first-order chi connectivity index (χ1) is 12.4. The molecule has 0 aliphatic carbocycles. The van der Waals surface area contributed by atoms with E-state index in [1.807, 2.05) is 0 Å². The molecule has 1 aromatic carbocycles. The lowest BCUT2D eigenvalue weighted by atomic mass is 10.1. The monoisotopic (exact) mass is 474 g/mol. The van der Waals surface area contributed by atoms with Gasteiger partial charge in [0.05, 0.1) is 43.7 Å². The molecule has 1 heterocycles. The van der Waals surface area contributed by atoms with Crippen molar-refractivity contribution in [3.8, 4) is 0 Å². The largest absolute Gasteiger partial charge is 0.466 e. The number of aliphatic hydroxyl groups excluding tert-OH is 1. The van der Waals surface area contributed by atoms with Gasteiger partial charge in [-0.2, -0.15) is 0 Å². The molecule has 0 saturated heterocycles. The normalized spacial score (nSPS) is 13.8. The summed E-state index contributed by atoms with van der Waals surface area (Å²) < 4.78 is 10.6. The molecule has 0 atom stereocenters. The molecule has 26 heavy (non-hydrogen) atoms. The molecule has 0 spiro atoms. The van der Waals surface area contributed by atoms with E-state index in [2.05, 4.69) is 27.9 Å². The van der Waals surface area contributed by atoms with Gasteiger partial charge >= 0.3 is 11.9 Å². The number of esters is 2. The second-order valence-electron chi connectivity index (χ2n) is 5.33. The maximum atomic E-state index is 12.6. The van der Waals surface area contributed by atoms with Crippen molar-refractivity contribution in [3.63, 3.8) is 0 Å². The summed E-state index contributed by atoms with van der Waals surface area (Å²) in [6.07, 6.45) is 0. The van der Waals surface area contributed by atoms with Crippen molar-refractivity contribution in [3.05, 3.63) is 38.6 Å². The van der Waals surface area contributed by atoms with E-state index in [0.29, 0.717) is 5.69 Å². The molecule has 2 N–H and O–H groups in total. The standard InChI is InChI=1S/C17H19IN2O6/c1-3-26-17(24)11-8-10(18)4-5-13(11)19-14-12(16(23)25-2)9-20(6-7-21)15(14)22/h4-5,8,19,21H,3,6-7,9H2,1-2H3. The lowest BCUT2D eigenvalue weighted by Gasteiger charge is -2.16. The summed E-state index contributed by atoms with van der Waals surface area (Å²) in [5.41, 5.74) is 0.764. The number of carbonyl (C=O) groups excluding carboxylic acids is 3. The molecular formula is C17H19IN2O6. The minimum absolute atomic E-state index is 0.0213. The van der Waals surface area contributed by atoms with Crippen LogP contribution in [0, 0.1) is 3.57 Å². The number of nitrogens with one attached hydrogen (secondary N) is 1. The molecule has 1 amide bonds. The Bertz CT molecular complexity index is 762. The highest BCUT2D eigenvalue weighted by Gasteiger charge is 2.35. The summed E-state index contributed by atoms with van der Waals surface area (Å²) in [6.45, 7) is 1.79. The van der Waals surface area contributed by atoms with E-state index < -0.39 is 17.8 Å². The van der Waals surface area contributed by atoms with Gasteiger partial charge in [0.1, 0.15) is 5.70 Å². The molecule has 0 aromatic heterocycles. The van der Waals surface area contributed by atoms with Gasteiger partial charge in [0.25, 0.3) is 5.91 Å². The number of benzene rings is 1. The third-order valence-electron chi connectivity index (χ3n) is 3.69. The number of amides is 1. The summed E-state index contributed by atoms with van der Waals surface area (Å²) >= 11 is 2.06. The van der Waals surface area contributed by atoms with Crippen molar-refractivity contribution in [2.45, 2.75) is 6.92 Å². The van der Waals surface area contributed by atoms with Crippen LogP contribution in [0.15, 0.2) is 29.5 Å². The van der Waals surface area contributed by atoms with Crippen LogP contribution in [-0.2, 0) is 19.1 Å². The number of ether oxygens (including phenoxy) is 2. The number of anilines is 1. The SMILES string of the molecule is CCOC(=O)c1cc(I)ccc1NC1=C(C(=O)OC)CN(CCO)C1=O. The van der Waals surface area contributed by atoms with Crippen LogP contribution in [0.25, 0.3) is 0 Å². The number of hydrogen-bond donors (Lipinski definition) is 2. The van der Waals surface area contributed by atoms with Crippen molar-refractivity contribution in [1.82, 2.24) is 4.90 Å². The van der Waals surface area contributed by atoms with Crippen LogP contribution in [-0.4, -0.2) is 61.3 Å². The van der Waals surface area contributed by atoms with E-state index in [1.165, 1.54) is 12.0 Å². The predicted molar refractivity (Wildman–Crippen MR) is 101 cm³/mol. The lowest BCUT2D eigenvalue weighted by molar-refractivity contribution is -0.136. The minimum Gasteiger partial charge on any atom is -0.466 e. The van der Waals surface area contributed by atoms with E-state index in [4.69, 9.17) is 14.6 Å². The second kappa shape index (κ2) is 8.99. The number of methoxy groups -OCH3 is 1. The molecule has 2 rings (SSSR count). The van der Waals surface area contributed by atoms with Crippen LogP contribution in [0.2, 0.25) is 0 Å². The number of β-amino-alcohol motifs (C(OH)–C–C–N with tert-alkyl or cyclic N) is 1. The van der Waals surface area contributed by atoms with Crippen molar-refractivity contribution in [2.75, 3.05) is 38.7 Å². The zero-order valence-electron chi connectivity index (χ0n) is 14.4. The average Bonchev–Trinajstić information content (AvgIpc) is 2.92. The smallest absolute Gasteiger partial charge is 0.340 e. The number of hydrogen-bond acceptors (Lipinski definition) is 7. The second-order valence-corrected chi connectivity index (χ2v) is 6.58. The molecule has 1 aromatic rings. The number of nitrogens with zero attached hydrogens (tertiary/aromatic N) is 1. The Morgan fingerprint density at radius 1 is 1.35 bits per heavy atom. The van der Waals surface area contributed by atoms with Gasteiger partial charge in [-0.1, -0.05) is 0 Å². The highest BCUT2D eigenvalue weighted by molar-refractivity contribution is 14.1. The molecule has 1 aliphatic rings. The van der Waals surface area contributed by atoms with Crippen molar-refractivity contribution < 1.29 is 29.0 Å². The molecule has 1 aliphatic heterocycles. The fourth-order valence-electron chi connectivity index (χ4n) is 2.49. The van der Waals surface area contributed by atoms with Gasteiger partial charge in [0, 0.05) is 10.1 Å². The molecular weight excluding hydrogens is 455 g/mol. The molecule has 140 valence electrons. The molecule has 0 unspecified atom stereocenters. The van der Waals surface area contributed by atoms with Crippen LogP contribution < -0.4 is 5.32 Å². The van der Waals surface area contributed by atoms with Gasteiger partial charge < -0.3 is 24.8 Å². The van der Waals surface area contributed by atoms with Crippen LogP contribution in [0.1, 0.15) is 17.3 Å². The zero-order chi connectivity index (χ0) is 19.3. The highest BCUT2D eigenvalue weighted by Crippen LogP contribution is 2.26. The first-order valence-corrected chi connectivity index (χ1v) is 8.96. The van der Waals surface area contributed by atoms with Crippen molar-refractivity contribution >= 4 is 46.1 Å². The van der Waals surface area contributed by atoms with Gasteiger partial charge in [-0.15, -0.1) is 0 Å². The number of halogens is 1. The Morgan fingerprint density at radius 2 is 2.08 bits per heavy atom. The van der Waals surface area contributed by atoms with Gasteiger partial charge in [-0.3, -0.25) is 4.79 Å². The minimum atomic E-state index is -0.649. The topological polar surface area (TPSA) is 105 Å². The van der Waals surface area contributed by atoms with Gasteiger partial charge in [0.15, 0.2) is 0 Å². The number of carbonyl (C=O) groups is 3. The average molecular weight is 474 g/mol. The third-order valence-corrected chi connectivity index (χ3v) is 4.36. The third kappa shape index (κ3) is 4.33. The lowest BCUT2D eigenvalue weighted by Crippen LogP contribution is -2.31. The maximum absolute atomic E-state index is 12.6. The van der Waals surface area contributed by atoms with Crippen LogP contribution in [0.3, 0.4) is 0 Å². The van der Waals surface area contributed by atoms with E-state index in [1.54, 1.807) is 25.1 Å². The first kappa shape index (κ1) is 20.2. The predicted octanol–water partition coefficient (Wildman–Crippen LogP) is 1.14. The number of aliphatic hydroxyl groups is 1. The van der Waals surface area contributed by atoms with Crippen LogP contribution >= 0.6 is 22.6 Å². The van der Waals surface area contributed by atoms with E-state index in [0.717, 1.165) is 3.57 Å². The Balaban J connectivity index is 2.42. The summed E-state index contributed by atoms with van der Waals surface area (Å²) in [6, 6.07) is 5.02. The Hall–Kier alpha value is -2.14. The molecule has 8 nitrogen and oxygen atoms in total. The Morgan fingerprint density at radius 3 is 2.69 bits per heavy atom. The summed E-state index contributed by atoms with van der Waals surface area (Å²) in [7, 11) is 1.22. The summed E-state index contributed by atoms with van der Waals surface area (Å²) in [4.78, 5) is 38.1. The summed E-state index contributed by atoms with van der Waals surface area (Å²) in [5.74, 6) is -1.64. The molecule has 0 bridgehead atoms. The van der Waals surface area contributed by atoms with Gasteiger partial charge in [-0.05, 0) is 47.7 Å². The maximum Gasteiger partial charge on any atom is 0.340 e. The van der Waals surface area contributed by atoms with Crippen molar-refractivity contribution in [1.29, 1.82) is 0 Å². The molecule has 0 fully saturated rings. The van der Waals surface area contributed by atoms with Gasteiger partial charge in [0.2, 0.25) is 0 Å². The summed E-state index contributed by atoms with van der Waals surface area (Å²) in [5, 5.41) is 12.0. The number of rotatable bonds is 7. The Kier molecular flexibility index (Phi) is 6.98. The van der Waals surface area contributed by atoms with E-state index in [9.17, 15) is 14.4 Å². The fourth-order valence-corrected chi connectivity index (χ4v) is 2.98. The fraction of sp³-hybridized carbons (Fsp3) is 0.353. The highest BCUT2D eigenvalue weighted by atomic mass is 127. The molecule has 0 radical (unpaired) electrons. The first-order valence-electron chi connectivity index (χ1n) is 7.88. The van der Waals surface area contributed by atoms with Gasteiger partial charge in [-0.25, -0.2) is 9.59 Å².